The third-order valence-electron chi connectivity index (χ3n) is 3.64. The number of nitrogens with one attached hydrogen (secondary N) is 1. The normalized spacial score (nSPS) is 12.1. The number of aliphatic hydroxyl groups excluding tert-OH is 1. The van der Waals surface area contributed by atoms with Gasteiger partial charge in [0.1, 0.15) is 0 Å². The van der Waals surface area contributed by atoms with Crippen molar-refractivity contribution in [1.82, 2.24) is 5.32 Å². The molecule has 2 N–H and O–H groups in total. The second kappa shape index (κ2) is 8.96. The minimum atomic E-state index is -0.944. The SMILES string of the molecule is CC(C)c1ccc(CNCC(O)c2ccc(F)c(F)c2)cc1.Cl. The van der Waals surface area contributed by atoms with Crippen LogP contribution in [0.25, 0.3) is 0 Å². The smallest absolute Gasteiger partial charge is 0.159 e. The molecule has 0 aliphatic carbocycles. The van der Waals surface area contributed by atoms with Crippen LogP contribution in [0.5, 0.6) is 0 Å². The molecule has 0 fully saturated rings. The number of hydrogen-bond acceptors (Lipinski definition) is 2. The van der Waals surface area contributed by atoms with E-state index in [1.165, 1.54) is 11.6 Å². The molecule has 1 unspecified atom stereocenters. The first-order valence-corrected chi connectivity index (χ1v) is 7.40. The predicted octanol–water partition coefficient (Wildman–Crippen LogP) is 4.33. The Morgan fingerprint density at radius 1 is 0.957 bits per heavy atom. The van der Waals surface area contributed by atoms with Crippen LogP contribution in [0.4, 0.5) is 8.78 Å². The summed E-state index contributed by atoms with van der Waals surface area (Å²) in [6.07, 6.45) is -0.870. The number of aliphatic hydroxyl groups is 1. The molecular weight excluding hydrogens is 320 g/mol. The molecule has 0 aliphatic heterocycles. The Balaban J connectivity index is 0.00000264. The Bertz CT molecular complexity index is 617. The van der Waals surface area contributed by atoms with Gasteiger partial charge in [0.05, 0.1) is 6.10 Å². The predicted molar refractivity (Wildman–Crippen MR) is 90.8 cm³/mol. The zero-order chi connectivity index (χ0) is 16.1. The van der Waals surface area contributed by atoms with Crippen molar-refractivity contribution < 1.29 is 13.9 Å². The number of halogens is 3. The first-order chi connectivity index (χ1) is 10.5. The lowest BCUT2D eigenvalue weighted by Crippen LogP contribution is -2.21. The van der Waals surface area contributed by atoms with Crippen molar-refractivity contribution in [1.29, 1.82) is 0 Å². The van der Waals surface area contributed by atoms with Crippen molar-refractivity contribution >= 4 is 12.4 Å². The van der Waals surface area contributed by atoms with Crippen LogP contribution in [0, 0.1) is 11.6 Å². The summed E-state index contributed by atoms with van der Waals surface area (Å²) in [6, 6.07) is 11.7. The van der Waals surface area contributed by atoms with Crippen LogP contribution in [-0.2, 0) is 6.54 Å². The average Bonchev–Trinajstić information content (AvgIpc) is 2.50. The van der Waals surface area contributed by atoms with E-state index in [1.807, 2.05) is 12.1 Å². The van der Waals surface area contributed by atoms with Crippen molar-refractivity contribution in [3.63, 3.8) is 0 Å². The van der Waals surface area contributed by atoms with E-state index in [0.29, 0.717) is 18.0 Å². The Labute approximate surface area is 142 Å². The molecule has 2 aromatic rings. The van der Waals surface area contributed by atoms with Crippen molar-refractivity contribution in [2.75, 3.05) is 6.54 Å². The van der Waals surface area contributed by atoms with Crippen LogP contribution in [-0.4, -0.2) is 11.7 Å². The van der Waals surface area contributed by atoms with E-state index < -0.39 is 17.7 Å². The maximum Gasteiger partial charge on any atom is 0.159 e. The fourth-order valence-corrected chi connectivity index (χ4v) is 2.21. The van der Waals surface area contributed by atoms with Crippen LogP contribution in [0.1, 0.15) is 42.6 Å². The highest BCUT2D eigenvalue weighted by Gasteiger charge is 2.10. The zero-order valence-corrected chi connectivity index (χ0v) is 14.0. The summed E-state index contributed by atoms with van der Waals surface area (Å²) in [5, 5.41) is 13.1. The van der Waals surface area contributed by atoms with E-state index in [4.69, 9.17) is 0 Å². The van der Waals surface area contributed by atoms with Gasteiger partial charge in [-0.3, -0.25) is 0 Å². The molecule has 2 aromatic carbocycles. The highest BCUT2D eigenvalue weighted by atomic mass is 35.5. The van der Waals surface area contributed by atoms with E-state index in [2.05, 4.69) is 31.3 Å². The molecule has 1 atom stereocenters. The van der Waals surface area contributed by atoms with Crippen molar-refractivity contribution in [3.8, 4) is 0 Å². The van der Waals surface area contributed by atoms with Gasteiger partial charge < -0.3 is 10.4 Å². The van der Waals surface area contributed by atoms with Gasteiger partial charge in [-0.15, -0.1) is 12.4 Å². The Morgan fingerprint density at radius 2 is 1.57 bits per heavy atom. The van der Waals surface area contributed by atoms with Gasteiger partial charge in [-0.2, -0.15) is 0 Å². The summed E-state index contributed by atoms with van der Waals surface area (Å²) in [7, 11) is 0. The summed E-state index contributed by atoms with van der Waals surface area (Å²) in [5.74, 6) is -1.35. The maximum atomic E-state index is 13.1. The second-order valence-electron chi connectivity index (χ2n) is 5.72. The average molecular weight is 342 g/mol. The molecule has 0 aromatic heterocycles. The number of hydrogen-bond donors (Lipinski definition) is 2. The van der Waals surface area contributed by atoms with Crippen molar-refractivity contribution in [2.45, 2.75) is 32.4 Å². The summed E-state index contributed by atoms with van der Waals surface area (Å²) < 4.78 is 26.0. The van der Waals surface area contributed by atoms with Gasteiger partial charge in [-0.05, 0) is 34.7 Å². The third-order valence-corrected chi connectivity index (χ3v) is 3.64. The lowest BCUT2D eigenvalue weighted by molar-refractivity contribution is 0.173. The lowest BCUT2D eigenvalue weighted by atomic mass is 10.0. The van der Waals surface area contributed by atoms with Gasteiger partial charge in [0.25, 0.3) is 0 Å². The molecule has 0 amide bonds. The van der Waals surface area contributed by atoms with Crippen LogP contribution in [0.2, 0.25) is 0 Å². The minimum absolute atomic E-state index is 0. The van der Waals surface area contributed by atoms with E-state index in [1.54, 1.807) is 0 Å². The van der Waals surface area contributed by atoms with Gasteiger partial charge in [0.2, 0.25) is 0 Å². The number of rotatable bonds is 6. The van der Waals surface area contributed by atoms with E-state index in [9.17, 15) is 13.9 Å². The highest BCUT2D eigenvalue weighted by Crippen LogP contribution is 2.17. The van der Waals surface area contributed by atoms with Crippen LogP contribution in [0.15, 0.2) is 42.5 Å². The quantitative estimate of drug-likeness (QED) is 0.819. The number of benzene rings is 2. The van der Waals surface area contributed by atoms with Gasteiger partial charge in [0.15, 0.2) is 11.6 Å². The zero-order valence-electron chi connectivity index (χ0n) is 13.2. The molecular formula is C18H22ClF2NO. The topological polar surface area (TPSA) is 32.3 Å². The Hall–Kier alpha value is -1.49. The molecule has 2 rings (SSSR count). The minimum Gasteiger partial charge on any atom is -0.387 e. The lowest BCUT2D eigenvalue weighted by Gasteiger charge is -2.13. The van der Waals surface area contributed by atoms with E-state index in [0.717, 1.165) is 17.7 Å². The molecule has 5 heteroatoms. The van der Waals surface area contributed by atoms with Crippen molar-refractivity contribution in [3.05, 3.63) is 70.8 Å². The van der Waals surface area contributed by atoms with Gasteiger partial charge in [-0.1, -0.05) is 44.2 Å². The standard InChI is InChI=1S/C18H21F2NO.ClH/c1-12(2)14-5-3-13(4-6-14)10-21-11-18(22)15-7-8-16(19)17(20)9-15;/h3-9,12,18,21-22H,10-11H2,1-2H3;1H. The summed E-state index contributed by atoms with van der Waals surface area (Å²) in [6.45, 7) is 5.17. The highest BCUT2D eigenvalue weighted by molar-refractivity contribution is 5.85. The molecule has 0 heterocycles. The fourth-order valence-electron chi connectivity index (χ4n) is 2.21. The molecule has 0 spiro atoms. The van der Waals surface area contributed by atoms with Gasteiger partial charge in [-0.25, -0.2) is 8.78 Å². The van der Waals surface area contributed by atoms with Crippen LogP contribution >= 0.6 is 12.4 Å². The molecule has 126 valence electrons. The first kappa shape index (κ1) is 19.6. The maximum absolute atomic E-state index is 13.1. The Kier molecular flexibility index (Phi) is 7.62. The van der Waals surface area contributed by atoms with Crippen LogP contribution < -0.4 is 5.32 Å². The summed E-state index contributed by atoms with van der Waals surface area (Å²) in [4.78, 5) is 0. The molecule has 23 heavy (non-hydrogen) atoms. The molecule has 0 saturated carbocycles. The van der Waals surface area contributed by atoms with Gasteiger partial charge >= 0.3 is 0 Å². The van der Waals surface area contributed by atoms with E-state index in [-0.39, 0.29) is 19.0 Å². The van der Waals surface area contributed by atoms with Crippen molar-refractivity contribution in [2.24, 2.45) is 0 Å². The molecule has 0 aliphatic rings. The first-order valence-electron chi connectivity index (χ1n) is 7.40. The monoisotopic (exact) mass is 341 g/mol. The van der Waals surface area contributed by atoms with Crippen LogP contribution in [0.3, 0.4) is 0 Å². The second-order valence-corrected chi connectivity index (χ2v) is 5.72. The fraction of sp³-hybridized carbons (Fsp3) is 0.333. The summed E-state index contributed by atoms with van der Waals surface area (Å²) in [5.41, 5.74) is 2.76. The molecule has 0 bridgehead atoms. The third kappa shape index (κ3) is 5.57. The molecule has 0 radical (unpaired) electrons. The molecule has 0 saturated heterocycles. The van der Waals surface area contributed by atoms with Gasteiger partial charge in [0, 0.05) is 13.1 Å². The largest absolute Gasteiger partial charge is 0.387 e. The summed E-state index contributed by atoms with van der Waals surface area (Å²) >= 11 is 0. The van der Waals surface area contributed by atoms with E-state index >= 15 is 0 Å². The Morgan fingerprint density at radius 3 is 2.13 bits per heavy atom. The molecule has 2 nitrogen and oxygen atoms in total.